The summed E-state index contributed by atoms with van der Waals surface area (Å²) in [5, 5.41) is 13.2. The van der Waals surface area contributed by atoms with E-state index in [1.807, 2.05) is 0 Å². The molecule has 20 heavy (non-hydrogen) atoms. The molecule has 2 atom stereocenters. The molecule has 0 rings (SSSR count). The summed E-state index contributed by atoms with van der Waals surface area (Å²) in [6, 6.07) is -1.64. The van der Waals surface area contributed by atoms with E-state index in [0.29, 0.717) is 25.8 Å². The summed E-state index contributed by atoms with van der Waals surface area (Å²) >= 11 is 3.90. The first-order valence-corrected chi connectivity index (χ1v) is 6.92. The first-order valence-electron chi connectivity index (χ1n) is 6.28. The molecule has 0 aliphatic rings. The highest BCUT2D eigenvalue weighted by atomic mass is 32.1. The lowest BCUT2D eigenvalue weighted by Crippen LogP contribution is -2.52. The maximum Gasteiger partial charge on any atom is 0.322 e. The Kier molecular flexibility index (Phi) is 9.77. The number of aliphatic carboxylic acids is 1. The number of nitrogens with one attached hydrogen (secondary N) is 2. The molecule has 0 spiro atoms. The number of amides is 2. The lowest BCUT2D eigenvalue weighted by atomic mass is 10.1. The number of hydrogen-bond acceptors (Lipinski definition) is 6. The van der Waals surface area contributed by atoms with Crippen LogP contribution < -0.4 is 22.1 Å². The molecule has 0 radical (unpaired) electrons. The molecule has 9 heteroatoms. The fourth-order valence-electron chi connectivity index (χ4n) is 1.41. The molecule has 0 saturated carbocycles. The van der Waals surface area contributed by atoms with Crippen molar-refractivity contribution in [3.05, 3.63) is 0 Å². The lowest BCUT2D eigenvalue weighted by Gasteiger charge is -2.19. The number of carbonyl (C=O) groups is 3. The average Bonchev–Trinajstić information content (AvgIpc) is 2.42. The van der Waals surface area contributed by atoms with Crippen molar-refractivity contribution in [1.29, 1.82) is 0 Å². The predicted octanol–water partition coefficient (Wildman–Crippen LogP) is -1.94. The van der Waals surface area contributed by atoms with Gasteiger partial charge in [0.2, 0.25) is 11.8 Å². The summed E-state index contributed by atoms with van der Waals surface area (Å²) in [6.45, 7) is -0.0196. The Morgan fingerprint density at radius 2 is 1.85 bits per heavy atom. The van der Waals surface area contributed by atoms with Crippen LogP contribution in [0.2, 0.25) is 0 Å². The van der Waals surface area contributed by atoms with Crippen LogP contribution in [0.3, 0.4) is 0 Å². The number of rotatable bonds is 10. The Balaban J connectivity index is 4.49. The molecular weight excluding hydrogens is 284 g/mol. The van der Waals surface area contributed by atoms with Crippen LogP contribution in [0.1, 0.15) is 19.3 Å². The normalized spacial score (nSPS) is 13.3. The molecule has 8 nitrogen and oxygen atoms in total. The van der Waals surface area contributed by atoms with Crippen molar-refractivity contribution in [2.75, 3.05) is 18.8 Å². The van der Waals surface area contributed by atoms with Crippen LogP contribution in [0.25, 0.3) is 0 Å². The molecule has 0 bridgehead atoms. The molecule has 7 N–H and O–H groups in total. The number of unbranched alkanes of at least 4 members (excludes halogenated alkanes) is 1. The molecule has 116 valence electrons. The monoisotopic (exact) mass is 306 g/mol. The van der Waals surface area contributed by atoms with Gasteiger partial charge < -0.3 is 27.2 Å². The zero-order valence-corrected chi connectivity index (χ0v) is 12.1. The molecule has 0 aliphatic carbocycles. The standard InChI is InChI=1S/C11H22N4O4S/c12-4-2-1-3-8(11(19)14-5-9(16)17)15-10(18)7(13)6-20/h7-8,20H,1-6,12-13H2,(H,14,19)(H,15,18)(H,16,17)/t7-,8-/m0/s1. The second-order valence-electron chi connectivity index (χ2n) is 4.25. The summed E-state index contributed by atoms with van der Waals surface area (Å²) < 4.78 is 0. The fraction of sp³-hybridized carbons (Fsp3) is 0.727. The van der Waals surface area contributed by atoms with Crippen molar-refractivity contribution in [3.8, 4) is 0 Å². The Labute approximate surface area is 123 Å². The maximum atomic E-state index is 11.8. The quantitative estimate of drug-likeness (QED) is 0.204. The number of carboxylic acid groups (broad SMARTS) is 1. The van der Waals surface area contributed by atoms with Crippen LogP contribution >= 0.6 is 12.6 Å². The minimum Gasteiger partial charge on any atom is -0.480 e. The predicted molar refractivity (Wildman–Crippen MR) is 77.3 cm³/mol. The van der Waals surface area contributed by atoms with Crippen molar-refractivity contribution in [2.45, 2.75) is 31.3 Å². The number of hydrogen-bond donors (Lipinski definition) is 6. The van der Waals surface area contributed by atoms with Gasteiger partial charge in [-0.25, -0.2) is 0 Å². The van der Waals surface area contributed by atoms with Crippen LogP contribution in [0.15, 0.2) is 0 Å². The Morgan fingerprint density at radius 3 is 2.35 bits per heavy atom. The van der Waals surface area contributed by atoms with Crippen molar-refractivity contribution < 1.29 is 19.5 Å². The van der Waals surface area contributed by atoms with E-state index in [1.54, 1.807) is 0 Å². The molecule has 0 heterocycles. The highest BCUT2D eigenvalue weighted by Gasteiger charge is 2.23. The van der Waals surface area contributed by atoms with Crippen molar-refractivity contribution in [1.82, 2.24) is 10.6 Å². The van der Waals surface area contributed by atoms with E-state index in [0.717, 1.165) is 0 Å². The Bertz CT molecular complexity index is 340. The van der Waals surface area contributed by atoms with E-state index >= 15 is 0 Å². The van der Waals surface area contributed by atoms with E-state index in [1.165, 1.54) is 0 Å². The summed E-state index contributed by atoms with van der Waals surface area (Å²) in [4.78, 5) is 33.9. The van der Waals surface area contributed by atoms with Gasteiger partial charge in [0.05, 0.1) is 6.04 Å². The van der Waals surface area contributed by atoms with Crippen LogP contribution in [-0.4, -0.2) is 53.8 Å². The van der Waals surface area contributed by atoms with E-state index < -0.39 is 36.4 Å². The van der Waals surface area contributed by atoms with Gasteiger partial charge in [0.15, 0.2) is 0 Å². The molecule has 0 unspecified atom stereocenters. The molecular formula is C11H22N4O4S. The number of nitrogens with two attached hydrogens (primary N) is 2. The van der Waals surface area contributed by atoms with Gasteiger partial charge in [0, 0.05) is 5.75 Å². The van der Waals surface area contributed by atoms with E-state index in [-0.39, 0.29) is 5.75 Å². The summed E-state index contributed by atoms with van der Waals surface area (Å²) in [6.07, 6.45) is 1.71. The number of carbonyl (C=O) groups excluding carboxylic acids is 2. The zero-order valence-electron chi connectivity index (χ0n) is 11.2. The SMILES string of the molecule is NCCCC[C@H](NC(=O)[C@@H](N)CS)C(=O)NCC(=O)O. The fourth-order valence-corrected chi connectivity index (χ4v) is 1.58. The minimum absolute atomic E-state index is 0.151. The largest absolute Gasteiger partial charge is 0.480 e. The molecule has 0 saturated heterocycles. The smallest absolute Gasteiger partial charge is 0.322 e. The van der Waals surface area contributed by atoms with E-state index in [2.05, 4.69) is 23.3 Å². The Morgan fingerprint density at radius 1 is 1.20 bits per heavy atom. The molecule has 0 aromatic carbocycles. The third kappa shape index (κ3) is 7.97. The maximum absolute atomic E-state index is 11.8. The third-order valence-corrected chi connectivity index (χ3v) is 2.92. The average molecular weight is 306 g/mol. The van der Waals surface area contributed by atoms with Gasteiger partial charge in [-0.1, -0.05) is 0 Å². The lowest BCUT2D eigenvalue weighted by molar-refractivity contribution is -0.138. The number of thiol groups is 1. The van der Waals surface area contributed by atoms with E-state index in [4.69, 9.17) is 16.6 Å². The third-order valence-electron chi connectivity index (χ3n) is 2.53. The van der Waals surface area contributed by atoms with Crippen LogP contribution in [0, 0.1) is 0 Å². The first-order chi connectivity index (χ1) is 9.42. The van der Waals surface area contributed by atoms with Gasteiger partial charge in [-0.15, -0.1) is 0 Å². The molecule has 2 amide bonds. The zero-order chi connectivity index (χ0) is 15.5. The van der Waals surface area contributed by atoms with Gasteiger partial charge in [-0.05, 0) is 25.8 Å². The summed E-state index contributed by atoms with van der Waals surface area (Å²) in [5.74, 6) is -2.05. The molecule has 0 aliphatic heterocycles. The second-order valence-corrected chi connectivity index (χ2v) is 4.61. The molecule has 0 aromatic rings. The first kappa shape index (κ1) is 18.7. The van der Waals surface area contributed by atoms with Gasteiger partial charge in [0.25, 0.3) is 0 Å². The van der Waals surface area contributed by atoms with Gasteiger partial charge in [-0.3, -0.25) is 14.4 Å². The van der Waals surface area contributed by atoms with Gasteiger partial charge in [-0.2, -0.15) is 12.6 Å². The number of carboxylic acids is 1. The highest BCUT2D eigenvalue weighted by molar-refractivity contribution is 7.80. The van der Waals surface area contributed by atoms with E-state index in [9.17, 15) is 14.4 Å². The van der Waals surface area contributed by atoms with Gasteiger partial charge >= 0.3 is 5.97 Å². The van der Waals surface area contributed by atoms with Crippen molar-refractivity contribution in [3.63, 3.8) is 0 Å². The van der Waals surface area contributed by atoms with Gasteiger partial charge in [0.1, 0.15) is 12.6 Å². The highest BCUT2D eigenvalue weighted by Crippen LogP contribution is 2.01. The van der Waals surface area contributed by atoms with Crippen molar-refractivity contribution >= 4 is 30.4 Å². The van der Waals surface area contributed by atoms with Crippen LogP contribution in [0.4, 0.5) is 0 Å². The van der Waals surface area contributed by atoms with Crippen molar-refractivity contribution in [2.24, 2.45) is 11.5 Å². The van der Waals surface area contributed by atoms with Crippen LogP contribution in [0.5, 0.6) is 0 Å². The topological polar surface area (TPSA) is 148 Å². The second kappa shape index (κ2) is 10.5. The minimum atomic E-state index is -1.16. The Hall–Kier alpha value is -1.32. The van der Waals surface area contributed by atoms with Crippen LogP contribution in [-0.2, 0) is 14.4 Å². The summed E-state index contributed by atoms with van der Waals surface area (Å²) in [7, 11) is 0. The molecule has 0 aromatic heterocycles. The molecule has 0 fully saturated rings. The summed E-state index contributed by atoms with van der Waals surface area (Å²) in [5.41, 5.74) is 10.9.